The third-order valence-corrected chi connectivity index (χ3v) is 5.53. The highest BCUT2D eigenvalue weighted by molar-refractivity contribution is 6.06. The molecule has 2 aromatic carbocycles. The van der Waals surface area contributed by atoms with Gasteiger partial charge in [0.05, 0.1) is 6.10 Å². The Morgan fingerprint density at radius 3 is 2.44 bits per heavy atom. The number of nitrogens with one attached hydrogen (secondary N) is 1. The first-order valence-corrected chi connectivity index (χ1v) is 10.2. The number of benzene rings is 2. The third-order valence-electron chi connectivity index (χ3n) is 5.53. The van der Waals surface area contributed by atoms with E-state index in [9.17, 15) is 4.79 Å². The summed E-state index contributed by atoms with van der Waals surface area (Å²) in [5, 5.41) is 5.17. The highest BCUT2D eigenvalue weighted by atomic mass is 16.5. The number of ether oxygens (including phenoxy) is 2. The van der Waals surface area contributed by atoms with Gasteiger partial charge < -0.3 is 14.8 Å². The van der Waals surface area contributed by atoms with E-state index in [1.165, 1.54) is 6.42 Å². The monoisotopic (exact) mass is 369 g/mol. The van der Waals surface area contributed by atoms with E-state index in [0.29, 0.717) is 6.61 Å². The zero-order valence-electron chi connectivity index (χ0n) is 16.7. The molecule has 1 amide bonds. The van der Waals surface area contributed by atoms with Crippen LogP contribution in [-0.4, -0.2) is 24.2 Å². The maximum absolute atomic E-state index is 13.2. The highest BCUT2D eigenvalue weighted by Crippen LogP contribution is 2.36. The van der Waals surface area contributed by atoms with E-state index in [4.69, 9.17) is 9.47 Å². The van der Waals surface area contributed by atoms with Crippen LogP contribution < -0.4 is 10.1 Å². The first-order chi connectivity index (χ1) is 13.1. The lowest BCUT2D eigenvalue weighted by atomic mass is 9.83. The first-order valence-electron chi connectivity index (χ1n) is 10.2. The van der Waals surface area contributed by atoms with Gasteiger partial charge in [-0.2, -0.15) is 0 Å². The Kier molecular flexibility index (Phi) is 6.38. The fourth-order valence-electron chi connectivity index (χ4n) is 3.86. The molecule has 3 rings (SSSR count). The Labute approximate surface area is 162 Å². The summed E-state index contributed by atoms with van der Waals surface area (Å²) in [6, 6.07) is 12.0. The molecule has 1 fully saturated rings. The van der Waals surface area contributed by atoms with Crippen LogP contribution in [0, 0.1) is 0 Å². The minimum atomic E-state index is -0.694. The Hall–Kier alpha value is -2.07. The quantitative estimate of drug-likeness (QED) is 0.681. The summed E-state index contributed by atoms with van der Waals surface area (Å²) in [5.74, 6) is 0.833. The SMILES string of the molecule is CCOC1(C(=O)Nc2ccc(O[C@@H](C)CC)c3ccccc23)CCCCC1. The second-order valence-electron chi connectivity index (χ2n) is 7.44. The average Bonchev–Trinajstić information content (AvgIpc) is 2.70. The summed E-state index contributed by atoms with van der Waals surface area (Å²) in [6.07, 6.45) is 5.93. The van der Waals surface area contributed by atoms with E-state index in [1.807, 2.05) is 43.3 Å². The van der Waals surface area contributed by atoms with Gasteiger partial charge in [-0.05, 0) is 45.2 Å². The lowest BCUT2D eigenvalue weighted by molar-refractivity contribution is -0.145. The van der Waals surface area contributed by atoms with Crippen molar-refractivity contribution < 1.29 is 14.3 Å². The Bertz CT molecular complexity index is 775. The van der Waals surface area contributed by atoms with Crippen LogP contribution in [-0.2, 0) is 9.53 Å². The lowest BCUT2D eigenvalue weighted by Crippen LogP contribution is -2.47. The van der Waals surface area contributed by atoms with Crippen LogP contribution in [0.25, 0.3) is 10.8 Å². The van der Waals surface area contributed by atoms with Crippen molar-refractivity contribution in [1.29, 1.82) is 0 Å². The topological polar surface area (TPSA) is 47.6 Å². The van der Waals surface area contributed by atoms with Gasteiger partial charge in [0.1, 0.15) is 11.4 Å². The molecular formula is C23H31NO3. The second kappa shape index (κ2) is 8.75. The van der Waals surface area contributed by atoms with Gasteiger partial charge in [0.2, 0.25) is 0 Å². The van der Waals surface area contributed by atoms with Gasteiger partial charge in [-0.3, -0.25) is 4.79 Å². The predicted octanol–water partition coefficient (Wildman–Crippen LogP) is 5.70. The van der Waals surface area contributed by atoms with Gasteiger partial charge in [-0.15, -0.1) is 0 Å². The van der Waals surface area contributed by atoms with Crippen LogP contribution in [0.2, 0.25) is 0 Å². The summed E-state index contributed by atoms with van der Waals surface area (Å²) in [5.41, 5.74) is 0.122. The largest absolute Gasteiger partial charge is 0.490 e. The van der Waals surface area contributed by atoms with Crippen molar-refractivity contribution in [2.45, 2.75) is 71.0 Å². The zero-order valence-corrected chi connectivity index (χ0v) is 16.7. The fraction of sp³-hybridized carbons (Fsp3) is 0.522. The molecule has 4 nitrogen and oxygen atoms in total. The minimum Gasteiger partial charge on any atom is -0.490 e. The molecule has 0 heterocycles. The van der Waals surface area contributed by atoms with Crippen molar-refractivity contribution >= 4 is 22.4 Å². The Morgan fingerprint density at radius 1 is 1.07 bits per heavy atom. The number of amides is 1. The van der Waals surface area contributed by atoms with Crippen molar-refractivity contribution in [2.75, 3.05) is 11.9 Å². The van der Waals surface area contributed by atoms with E-state index in [2.05, 4.69) is 19.2 Å². The molecule has 27 heavy (non-hydrogen) atoms. The molecular weight excluding hydrogens is 338 g/mol. The highest BCUT2D eigenvalue weighted by Gasteiger charge is 2.40. The molecule has 1 N–H and O–H groups in total. The molecule has 0 bridgehead atoms. The molecule has 1 atom stereocenters. The molecule has 146 valence electrons. The van der Waals surface area contributed by atoms with Crippen LogP contribution in [0.15, 0.2) is 36.4 Å². The lowest BCUT2D eigenvalue weighted by Gasteiger charge is -2.35. The van der Waals surface area contributed by atoms with Gasteiger partial charge in [0, 0.05) is 23.1 Å². The standard InChI is InChI=1S/C23H31NO3/c1-4-17(3)27-21-14-13-20(18-11-7-8-12-19(18)21)24-22(25)23(26-5-2)15-9-6-10-16-23/h7-8,11-14,17H,4-6,9-10,15-16H2,1-3H3,(H,24,25)/t17-/m0/s1. The smallest absolute Gasteiger partial charge is 0.256 e. The Balaban J connectivity index is 1.90. The van der Waals surface area contributed by atoms with Gasteiger partial charge in [-0.1, -0.05) is 50.5 Å². The van der Waals surface area contributed by atoms with E-state index in [1.54, 1.807) is 0 Å². The van der Waals surface area contributed by atoms with Gasteiger partial charge >= 0.3 is 0 Å². The molecule has 0 unspecified atom stereocenters. The van der Waals surface area contributed by atoms with Crippen LogP contribution in [0.4, 0.5) is 5.69 Å². The molecule has 0 spiro atoms. The summed E-state index contributed by atoms with van der Waals surface area (Å²) in [7, 11) is 0. The van der Waals surface area contributed by atoms with Crippen LogP contribution >= 0.6 is 0 Å². The molecule has 0 aromatic heterocycles. The molecule has 1 aliphatic carbocycles. The van der Waals surface area contributed by atoms with Crippen LogP contribution in [0.5, 0.6) is 5.75 Å². The van der Waals surface area contributed by atoms with Gasteiger partial charge in [-0.25, -0.2) is 0 Å². The molecule has 0 saturated heterocycles. The van der Waals surface area contributed by atoms with Crippen LogP contribution in [0.3, 0.4) is 0 Å². The maximum Gasteiger partial charge on any atom is 0.256 e. The summed E-state index contributed by atoms with van der Waals surface area (Å²) in [6.45, 7) is 6.69. The van der Waals surface area contributed by atoms with E-state index in [0.717, 1.165) is 54.3 Å². The third kappa shape index (κ3) is 4.27. The fourth-order valence-corrected chi connectivity index (χ4v) is 3.86. The molecule has 0 radical (unpaired) electrons. The molecule has 4 heteroatoms. The Morgan fingerprint density at radius 2 is 1.78 bits per heavy atom. The number of carbonyl (C=O) groups is 1. The van der Waals surface area contributed by atoms with Gasteiger partial charge in [0.25, 0.3) is 5.91 Å². The van der Waals surface area contributed by atoms with Gasteiger partial charge in [0.15, 0.2) is 0 Å². The molecule has 0 aliphatic heterocycles. The van der Waals surface area contributed by atoms with Crippen molar-refractivity contribution in [3.05, 3.63) is 36.4 Å². The maximum atomic E-state index is 13.2. The number of hydrogen-bond donors (Lipinski definition) is 1. The van der Waals surface area contributed by atoms with E-state index in [-0.39, 0.29) is 12.0 Å². The molecule has 2 aromatic rings. The number of fused-ring (bicyclic) bond motifs is 1. The van der Waals surface area contributed by atoms with E-state index < -0.39 is 5.60 Å². The van der Waals surface area contributed by atoms with Crippen molar-refractivity contribution in [1.82, 2.24) is 0 Å². The first kappa shape index (κ1) is 19.7. The summed E-state index contributed by atoms with van der Waals surface area (Å²) in [4.78, 5) is 13.2. The molecule has 1 saturated carbocycles. The van der Waals surface area contributed by atoms with Crippen LogP contribution in [0.1, 0.15) is 59.3 Å². The molecule has 1 aliphatic rings. The van der Waals surface area contributed by atoms with E-state index >= 15 is 0 Å². The van der Waals surface area contributed by atoms with Crippen molar-refractivity contribution in [2.24, 2.45) is 0 Å². The number of carbonyl (C=O) groups excluding carboxylic acids is 1. The predicted molar refractivity (Wildman–Crippen MR) is 110 cm³/mol. The zero-order chi connectivity index (χ0) is 19.3. The summed E-state index contributed by atoms with van der Waals surface area (Å²) < 4.78 is 12.0. The van der Waals surface area contributed by atoms with Crippen molar-refractivity contribution in [3.8, 4) is 5.75 Å². The number of anilines is 1. The van der Waals surface area contributed by atoms with Crippen molar-refractivity contribution in [3.63, 3.8) is 0 Å². The number of hydrogen-bond acceptors (Lipinski definition) is 3. The minimum absolute atomic E-state index is 0.0233. The second-order valence-corrected chi connectivity index (χ2v) is 7.44. The average molecular weight is 370 g/mol. The normalized spacial score (nSPS) is 17.4. The summed E-state index contributed by atoms with van der Waals surface area (Å²) >= 11 is 0. The number of rotatable bonds is 7.